The zero-order chi connectivity index (χ0) is 17.8. The van der Waals surface area contributed by atoms with Gasteiger partial charge in [0.1, 0.15) is 5.76 Å². The van der Waals surface area contributed by atoms with Crippen molar-refractivity contribution in [1.29, 1.82) is 0 Å². The van der Waals surface area contributed by atoms with Gasteiger partial charge in [0.05, 0.1) is 18.5 Å². The van der Waals surface area contributed by atoms with Gasteiger partial charge in [-0.15, -0.1) is 24.0 Å². The molecule has 1 fully saturated rings. The first kappa shape index (κ1) is 20.8. The van der Waals surface area contributed by atoms with Crippen molar-refractivity contribution in [2.45, 2.75) is 18.4 Å². The lowest BCUT2D eigenvalue weighted by atomic mass is 10.0. The van der Waals surface area contributed by atoms with Gasteiger partial charge < -0.3 is 14.6 Å². The highest BCUT2D eigenvalue weighted by Gasteiger charge is 2.27. The normalized spacial score (nSPS) is 18.9. The van der Waals surface area contributed by atoms with Crippen molar-refractivity contribution in [1.82, 2.24) is 24.9 Å². The van der Waals surface area contributed by atoms with Gasteiger partial charge in [0.2, 0.25) is 0 Å². The summed E-state index contributed by atoms with van der Waals surface area (Å²) in [7, 11) is 7.93. The van der Waals surface area contributed by atoms with Crippen LogP contribution >= 0.6 is 24.0 Å². The molecule has 1 saturated heterocycles. The molecule has 0 aromatic carbocycles. The third kappa shape index (κ3) is 4.79. The van der Waals surface area contributed by atoms with Crippen LogP contribution in [0.2, 0.25) is 0 Å². The lowest BCUT2D eigenvalue weighted by molar-refractivity contribution is 0.256. The average Bonchev–Trinajstić information content (AvgIpc) is 3.32. The molecule has 26 heavy (non-hydrogen) atoms. The number of nitrogens with one attached hydrogen (secondary N) is 1. The van der Waals surface area contributed by atoms with Gasteiger partial charge in [0.25, 0.3) is 0 Å². The molecule has 0 spiro atoms. The van der Waals surface area contributed by atoms with Crippen LogP contribution in [-0.4, -0.2) is 66.3 Å². The molecule has 2 aromatic rings. The first-order valence-electron chi connectivity index (χ1n) is 8.72. The SMILES string of the molecule is CN=C(NCC(c1ccco1)N(C)C)N1CCC(c2cnn(C)c2)C1.I. The lowest BCUT2D eigenvalue weighted by Crippen LogP contribution is -2.43. The molecular weight excluding hydrogens is 443 g/mol. The fourth-order valence-corrected chi connectivity index (χ4v) is 3.41. The van der Waals surface area contributed by atoms with E-state index in [0.29, 0.717) is 5.92 Å². The minimum atomic E-state index is 0. The van der Waals surface area contributed by atoms with E-state index in [9.17, 15) is 0 Å². The van der Waals surface area contributed by atoms with Crippen LogP contribution in [0.3, 0.4) is 0 Å². The smallest absolute Gasteiger partial charge is 0.193 e. The monoisotopic (exact) mass is 472 g/mol. The maximum Gasteiger partial charge on any atom is 0.193 e. The van der Waals surface area contributed by atoms with E-state index in [1.54, 1.807) is 6.26 Å². The number of halogens is 1. The number of hydrogen-bond acceptors (Lipinski definition) is 4. The third-order valence-electron chi connectivity index (χ3n) is 4.84. The molecule has 3 rings (SSSR count). The van der Waals surface area contributed by atoms with Gasteiger partial charge in [0.15, 0.2) is 5.96 Å². The second kappa shape index (κ2) is 9.40. The molecule has 1 N–H and O–H groups in total. The van der Waals surface area contributed by atoms with Crippen LogP contribution in [-0.2, 0) is 7.05 Å². The van der Waals surface area contributed by atoms with Crippen LogP contribution in [0.4, 0.5) is 0 Å². The van der Waals surface area contributed by atoms with E-state index in [1.807, 2.05) is 37.1 Å². The molecule has 2 aromatic heterocycles. The molecule has 0 bridgehead atoms. The summed E-state index contributed by atoms with van der Waals surface area (Å²) in [5.74, 6) is 2.43. The summed E-state index contributed by atoms with van der Waals surface area (Å²) in [4.78, 5) is 8.96. The van der Waals surface area contributed by atoms with Gasteiger partial charge in [0, 0.05) is 45.8 Å². The molecule has 3 heterocycles. The van der Waals surface area contributed by atoms with Crippen molar-refractivity contribution in [3.8, 4) is 0 Å². The highest BCUT2D eigenvalue weighted by Crippen LogP contribution is 2.26. The summed E-state index contributed by atoms with van der Waals surface area (Å²) in [5.41, 5.74) is 1.31. The Bertz CT molecular complexity index is 696. The van der Waals surface area contributed by atoms with Gasteiger partial charge in [-0.05, 0) is 38.2 Å². The van der Waals surface area contributed by atoms with Gasteiger partial charge in [-0.25, -0.2) is 0 Å². The predicted octanol–water partition coefficient (Wildman–Crippen LogP) is 2.30. The lowest BCUT2D eigenvalue weighted by Gasteiger charge is -2.26. The Kier molecular flexibility index (Phi) is 7.51. The molecule has 0 radical (unpaired) electrons. The molecule has 8 heteroatoms. The van der Waals surface area contributed by atoms with Gasteiger partial charge in [-0.1, -0.05) is 0 Å². The Balaban J connectivity index is 0.00000243. The molecule has 0 saturated carbocycles. The van der Waals surface area contributed by atoms with Gasteiger partial charge >= 0.3 is 0 Å². The Labute approximate surface area is 172 Å². The summed E-state index contributed by atoms with van der Waals surface area (Å²) in [6.07, 6.45) is 6.94. The average molecular weight is 472 g/mol. The van der Waals surface area contributed by atoms with Crippen molar-refractivity contribution in [3.05, 3.63) is 42.1 Å². The van der Waals surface area contributed by atoms with Gasteiger partial charge in [-0.3, -0.25) is 14.6 Å². The fourth-order valence-electron chi connectivity index (χ4n) is 3.41. The minimum absolute atomic E-state index is 0. The van der Waals surface area contributed by atoms with Crippen LogP contribution in [0.5, 0.6) is 0 Å². The Morgan fingerprint density at radius 1 is 1.50 bits per heavy atom. The van der Waals surface area contributed by atoms with Crippen molar-refractivity contribution >= 4 is 29.9 Å². The molecule has 7 nitrogen and oxygen atoms in total. The van der Waals surface area contributed by atoms with E-state index in [1.165, 1.54) is 5.56 Å². The number of aliphatic imine (C=N–C) groups is 1. The number of aromatic nitrogens is 2. The van der Waals surface area contributed by atoms with E-state index in [4.69, 9.17) is 4.42 Å². The number of guanidine groups is 1. The molecule has 1 aliphatic rings. The van der Waals surface area contributed by atoms with Crippen molar-refractivity contribution in [3.63, 3.8) is 0 Å². The maximum atomic E-state index is 5.58. The molecule has 144 valence electrons. The van der Waals surface area contributed by atoms with Crippen LogP contribution in [0.15, 0.2) is 40.2 Å². The van der Waals surface area contributed by atoms with E-state index in [0.717, 1.165) is 37.8 Å². The number of furan rings is 1. The summed E-state index contributed by atoms with van der Waals surface area (Å²) in [5, 5.41) is 7.81. The second-order valence-electron chi connectivity index (χ2n) is 6.80. The number of likely N-dealkylation sites (N-methyl/N-ethyl adjacent to an activating group) is 1. The number of likely N-dealkylation sites (tertiary alicyclic amines) is 1. The number of nitrogens with zero attached hydrogens (tertiary/aromatic N) is 5. The quantitative estimate of drug-likeness (QED) is 0.411. The van der Waals surface area contributed by atoms with Crippen LogP contribution in [0.1, 0.15) is 29.7 Å². The third-order valence-corrected chi connectivity index (χ3v) is 4.84. The molecule has 2 atom stereocenters. The van der Waals surface area contributed by atoms with Crippen LogP contribution < -0.4 is 5.32 Å². The Morgan fingerprint density at radius 2 is 2.31 bits per heavy atom. The zero-order valence-corrected chi connectivity index (χ0v) is 18.3. The molecular formula is C18H29IN6O. The molecule has 2 unspecified atom stereocenters. The molecule has 0 aliphatic carbocycles. The molecule has 1 aliphatic heterocycles. The topological polar surface area (TPSA) is 61.8 Å². The predicted molar refractivity (Wildman–Crippen MR) is 114 cm³/mol. The summed E-state index contributed by atoms with van der Waals surface area (Å²) in [6, 6.07) is 4.12. The largest absolute Gasteiger partial charge is 0.468 e. The van der Waals surface area contributed by atoms with E-state index in [-0.39, 0.29) is 30.0 Å². The van der Waals surface area contributed by atoms with Crippen molar-refractivity contribution < 1.29 is 4.42 Å². The Hall–Kier alpha value is -1.55. The zero-order valence-electron chi connectivity index (χ0n) is 15.9. The minimum Gasteiger partial charge on any atom is -0.468 e. The number of hydrogen-bond donors (Lipinski definition) is 1. The fraction of sp³-hybridized carbons (Fsp3) is 0.556. The molecule has 0 amide bonds. The first-order chi connectivity index (χ1) is 12.1. The maximum absolute atomic E-state index is 5.58. The second-order valence-corrected chi connectivity index (χ2v) is 6.80. The summed E-state index contributed by atoms with van der Waals surface area (Å²) >= 11 is 0. The van der Waals surface area contributed by atoms with E-state index in [2.05, 4.69) is 45.5 Å². The standard InChI is InChI=1S/C18H28N6O.HI/c1-19-18(20-11-16(22(2)3)17-6-5-9-25-17)24-8-7-14(13-24)15-10-21-23(4)12-15;/h5-6,9-10,12,14,16H,7-8,11,13H2,1-4H3,(H,19,20);1H. The first-order valence-corrected chi connectivity index (χ1v) is 8.72. The van der Waals surface area contributed by atoms with Crippen LogP contribution in [0.25, 0.3) is 0 Å². The van der Waals surface area contributed by atoms with Crippen molar-refractivity contribution in [2.24, 2.45) is 12.0 Å². The van der Waals surface area contributed by atoms with E-state index < -0.39 is 0 Å². The Morgan fingerprint density at radius 3 is 2.88 bits per heavy atom. The number of aryl methyl sites for hydroxylation is 1. The highest BCUT2D eigenvalue weighted by molar-refractivity contribution is 14.0. The summed E-state index contributed by atoms with van der Waals surface area (Å²) < 4.78 is 7.45. The summed E-state index contributed by atoms with van der Waals surface area (Å²) in [6.45, 7) is 2.73. The van der Waals surface area contributed by atoms with Crippen LogP contribution in [0, 0.1) is 0 Å². The highest BCUT2D eigenvalue weighted by atomic mass is 127. The van der Waals surface area contributed by atoms with Gasteiger partial charge in [-0.2, -0.15) is 5.10 Å². The van der Waals surface area contributed by atoms with Crippen molar-refractivity contribution in [2.75, 3.05) is 40.8 Å². The number of rotatable bonds is 5. The van der Waals surface area contributed by atoms with E-state index >= 15 is 0 Å².